The third-order valence-electron chi connectivity index (χ3n) is 4.81. The minimum Gasteiger partial charge on any atom is -0.497 e. The number of para-hydroxylation sites is 1. The molecule has 1 unspecified atom stereocenters. The standard InChI is InChI=1S/C22H26N2O3/c1-15(18-12-11-17(26-2)13-21(18)27-3)24-22(25)10-6-7-16-14-23-20-9-5-4-8-19(16)20/h4-5,8-9,11-15,23H,6-7,10H2,1-3H3,(H,24,25). The van der Waals surface area contributed by atoms with Crippen LogP contribution in [0.3, 0.4) is 0 Å². The van der Waals surface area contributed by atoms with Gasteiger partial charge in [-0.3, -0.25) is 4.79 Å². The summed E-state index contributed by atoms with van der Waals surface area (Å²) in [5, 5.41) is 4.29. The summed E-state index contributed by atoms with van der Waals surface area (Å²) in [6, 6.07) is 13.7. The fraction of sp³-hybridized carbons (Fsp3) is 0.318. The molecular formula is C22H26N2O3. The van der Waals surface area contributed by atoms with E-state index in [1.54, 1.807) is 14.2 Å². The Balaban J connectivity index is 1.54. The zero-order chi connectivity index (χ0) is 19.2. The molecule has 0 saturated heterocycles. The summed E-state index contributed by atoms with van der Waals surface area (Å²) < 4.78 is 10.6. The van der Waals surface area contributed by atoms with Gasteiger partial charge in [-0.25, -0.2) is 0 Å². The predicted octanol–water partition coefficient (Wildman–Crippen LogP) is 4.39. The molecule has 5 heteroatoms. The van der Waals surface area contributed by atoms with Crippen LogP contribution in [-0.2, 0) is 11.2 Å². The molecule has 3 rings (SSSR count). The summed E-state index contributed by atoms with van der Waals surface area (Å²) in [5.74, 6) is 1.48. The fourth-order valence-corrected chi connectivity index (χ4v) is 3.35. The maximum absolute atomic E-state index is 12.4. The Morgan fingerprint density at radius 1 is 1.15 bits per heavy atom. The van der Waals surface area contributed by atoms with Crippen molar-refractivity contribution in [2.45, 2.75) is 32.2 Å². The van der Waals surface area contributed by atoms with Crippen molar-refractivity contribution >= 4 is 16.8 Å². The zero-order valence-corrected chi connectivity index (χ0v) is 16.0. The second kappa shape index (κ2) is 8.62. The number of fused-ring (bicyclic) bond motifs is 1. The molecule has 142 valence electrons. The van der Waals surface area contributed by atoms with E-state index in [1.807, 2.05) is 43.5 Å². The highest BCUT2D eigenvalue weighted by atomic mass is 16.5. The molecule has 5 nitrogen and oxygen atoms in total. The zero-order valence-electron chi connectivity index (χ0n) is 16.0. The number of aromatic amines is 1. The molecule has 0 bridgehead atoms. The molecule has 27 heavy (non-hydrogen) atoms. The number of carbonyl (C=O) groups excluding carboxylic acids is 1. The minimum absolute atomic E-state index is 0.0419. The number of H-pyrrole nitrogens is 1. The highest BCUT2D eigenvalue weighted by Gasteiger charge is 2.15. The van der Waals surface area contributed by atoms with Crippen LogP contribution in [-0.4, -0.2) is 25.1 Å². The van der Waals surface area contributed by atoms with E-state index in [9.17, 15) is 4.79 Å². The third-order valence-corrected chi connectivity index (χ3v) is 4.81. The highest BCUT2D eigenvalue weighted by molar-refractivity contribution is 5.83. The first-order valence-electron chi connectivity index (χ1n) is 9.18. The van der Waals surface area contributed by atoms with Gasteiger partial charge in [0, 0.05) is 35.2 Å². The largest absolute Gasteiger partial charge is 0.497 e. The molecule has 0 aliphatic carbocycles. The van der Waals surface area contributed by atoms with Crippen LogP contribution in [0.4, 0.5) is 0 Å². The number of hydrogen-bond acceptors (Lipinski definition) is 3. The summed E-state index contributed by atoms with van der Waals surface area (Å²) in [6.45, 7) is 1.96. The molecule has 3 aromatic rings. The molecule has 1 heterocycles. The van der Waals surface area contributed by atoms with E-state index in [0.717, 1.165) is 29.7 Å². The lowest BCUT2D eigenvalue weighted by molar-refractivity contribution is -0.121. The van der Waals surface area contributed by atoms with Gasteiger partial charge in [-0.15, -0.1) is 0 Å². The molecule has 0 aliphatic rings. The van der Waals surface area contributed by atoms with Crippen molar-refractivity contribution in [3.8, 4) is 11.5 Å². The monoisotopic (exact) mass is 366 g/mol. The first kappa shape index (κ1) is 18.8. The van der Waals surface area contributed by atoms with E-state index in [1.165, 1.54) is 10.9 Å². The SMILES string of the molecule is COc1ccc(C(C)NC(=O)CCCc2c[nH]c3ccccc23)c(OC)c1. The van der Waals surface area contributed by atoms with Crippen molar-refractivity contribution in [2.24, 2.45) is 0 Å². The molecule has 1 aromatic heterocycles. The Morgan fingerprint density at radius 3 is 2.74 bits per heavy atom. The van der Waals surface area contributed by atoms with Gasteiger partial charge in [0.15, 0.2) is 0 Å². The van der Waals surface area contributed by atoms with Gasteiger partial charge in [0.25, 0.3) is 0 Å². The Labute approximate surface area is 159 Å². The number of ether oxygens (including phenoxy) is 2. The minimum atomic E-state index is -0.133. The Morgan fingerprint density at radius 2 is 1.96 bits per heavy atom. The van der Waals surface area contributed by atoms with Crippen LogP contribution < -0.4 is 14.8 Å². The van der Waals surface area contributed by atoms with Gasteiger partial charge in [0.2, 0.25) is 5.91 Å². The maximum Gasteiger partial charge on any atom is 0.220 e. The number of benzene rings is 2. The summed E-state index contributed by atoms with van der Waals surface area (Å²) in [6.07, 6.45) is 4.20. The average Bonchev–Trinajstić information content (AvgIpc) is 3.10. The average molecular weight is 366 g/mol. The molecule has 2 aromatic carbocycles. The summed E-state index contributed by atoms with van der Waals surface area (Å²) in [5.41, 5.74) is 3.32. The molecule has 0 radical (unpaired) electrons. The van der Waals surface area contributed by atoms with Gasteiger partial charge >= 0.3 is 0 Å². The van der Waals surface area contributed by atoms with E-state index in [4.69, 9.17) is 9.47 Å². The van der Waals surface area contributed by atoms with Crippen LogP contribution >= 0.6 is 0 Å². The number of aromatic nitrogens is 1. The third kappa shape index (κ3) is 4.42. The molecule has 0 aliphatic heterocycles. The number of hydrogen-bond donors (Lipinski definition) is 2. The van der Waals surface area contributed by atoms with Crippen LogP contribution in [0.25, 0.3) is 10.9 Å². The molecular weight excluding hydrogens is 340 g/mol. The Kier molecular flexibility index (Phi) is 6.01. The highest BCUT2D eigenvalue weighted by Crippen LogP contribution is 2.29. The fourth-order valence-electron chi connectivity index (χ4n) is 3.35. The molecule has 1 atom stereocenters. The summed E-state index contributed by atoms with van der Waals surface area (Å²) in [4.78, 5) is 15.6. The van der Waals surface area contributed by atoms with Crippen LogP contribution in [0.2, 0.25) is 0 Å². The van der Waals surface area contributed by atoms with E-state index >= 15 is 0 Å². The van der Waals surface area contributed by atoms with Crippen molar-refractivity contribution in [2.75, 3.05) is 14.2 Å². The number of aryl methyl sites for hydroxylation is 1. The van der Waals surface area contributed by atoms with Gasteiger partial charge in [-0.05, 0) is 43.5 Å². The molecule has 1 amide bonds. The second-order valence-corrected chi connectivity index (χ2v) is 6.61. The number of nitrogens with one attached hydrogen (secondary N) is 2. The van der Waals surface area contributed by atoms with Crippen molar-refractivity contribution in [3.63, 3.8) is 0 Å². The van der Waals surface area contributed by atoms with Crippen molar-refractivity contribution < 1.29 is 14.3 Å². The number of amides is 1. The van der Waals surface area contributed by atoms with Crippen molar-refractivity contribution in [1.82, 2.24) is 10.3 Å². The van der Waals surface area contributed by atoms with E-state index < -0.39 is 0 Å². The smallest absolute Gasteiger partial charge is 0.220 e. The van der Waals surface area contributed by atoms with Gasteiger partial charge in [0.05, 0.1) is 20.3 Å². The number of rotatable bonds is 8. The molecule has 0 fully saturated rings. The lowest BCUT2D eigenvalue weighted by Gasteiger charge is -2.18. The predicted molar refractivity (Wildman–Crippen MR) is 107 cm³/mol. The normalized spacial score (nSPS) is 12.0. The first-order chi connectivity index (χ1) is 13.1. The maximum atomic E-state index is 12.4. The first-order valence-corrected chi connectivity index (χ1v) is 9.18. The number of methoxy groups -OCH3 is 2. The van der Waals surface area contributed by atoms with Crippen LogP contribution in [0, 0.1) is 0 Å². The Bertz CT molecular complexity index is 917. The van der Waals surface area contributed by atoms with Crippen LogP contribution in [0.1, 0.15) is 36.9 Å². The van der Waals surface area contributed by atoms with Crippen molar-refractivity contribution in [3.05, 3.63) is 59.8 Å². The summed E-state index contributed by atoms with van der Waals surface area (Å²) in [7, 11) is 3.24. The lowest BCUT2D eigenvalue weighted by Crippen LogP contribution is -2.26. The van der Waals surface area contributed by atoms with E-state index in [0.29, 0.717) is 12.2 Å². The molecule has 0 saturated carbocycles. The lowest BCUT2D eigenvalue weighted by atomic mass is 10.1. The van der Waals surface area contributed by atoms with E-state index in [2.05, 4.69) is 22.4 Å². The van der Waals surface area contributed by atoms with Crippen molar-refractivity contribution in [1.29, 1.82) is 0 Å². The van der Waals surface area contributed by atoms with Gasteiger partial charge in [-0.2, -0.15) is 0 Å². The second-order valence-electron chi connectivity index (χ2n) is 6.61. The number of carbonyl (C=O) groups is 1. The topological polar surface area (TPSA) is 63.3 Å². The van der Waals surface area contributed by atoms with Gasteiger partial charge in [-0.1, -0.05) is 18.2 Å². The van der Waals surface area contributed by atoms with Gasteiger partial charge < -0.3 is 19.8 Å². The molecule has 0 spiro atoms. The summed E-state index contributed by atoms with van der Waals surface area (Å²) >= 11 is 0. The van der Waals surface area contributed by atoms with Crippen LogP contribution in [0.5, 0.6) is 11.5 Å². The quantitative estimate of drug-likeness (QED) is 0.622. The van der Waals surface area contributed by atoms with Crippen LogP contribution in [0.15, 0.2) is 48.7 Å². The Hall–Kier alpha value is -2.95. The van der Waals surface area contributed by atoms with Gasteiger partial charge in [0.1, 0.15) is 11.5 Å². The molecule has 2 N–H and O–H groups in total. The van der Waals surface area contributed by atoms with E-state index in [-0.39, 0.29) is 11.9 Å².